The summed E-state index contributed by atoms with van der Waals surface area (Å²) in [6.45, 7) is 4.90. The highest BCUT2D eigenvalue weighted by atomic mass is 19.1. The van der Waals surface area contributed by atoms with Crippen molar-refractivity contribution in [3.63, 3.8) is 0 Å². The Morgan fingerprint density at radius 2 is 2.07 bits per heavy atom. The highest BCUT2D eigenvalue weighted by Gasteiger charge is 2.30. The van der Waals surface area contributed by atoms with Crippen LogP contribution in [0.4, 0.5) is 4.39 Å². The Morgan fingerprint density at radius 3 is 2.53 bits per heavy atom. The largest absolute Gasteiger partial charge is 0.455 e. The first-order valence-electron chi connectivity index (χ1n) is 4.94. The number of hydrogen-bond acceptors (Lipinski definition) is 2. The summed E-state index contributed by atoms with van der Waals surface area (Å²) in [7, 11) is 0. The smallest absolute Gasteiger partial charge is 0.303 e. The summed E-state index contributed by atoms with van der Waals surface area (Å²) in [5.74, 6) is -0.745. The van der Waals surface area contributed by atoms with Crippen molar-refractivity contribution in [2.24, 2.45) is 0 Å². The molecule has 15 heavy (non-hydrogen) atoms. The van der Waals surface area contributed by atoms with E-state index in [1.165, 1.54) is 13.0 Å². The Balaban J connectivity index is 3.11. The van der Waals surface area contributed by atoms with Crippen LogP contribution in [0.25, 0.3) is 0 Å². The van der Waals surface area contributed by atoms with E-state index >= 15 is 0 Å². The van der Waals surface area contributed by atoms with Gasteiger partial charge in [0, 0.05) is 12.5 Å². The molecule has 0 N–H and O–H groups in total. The van der Waals surface area contributed by atoms with Gasteiger partial charge in [-0.2, -0.15) is 0 Å². The Morgan fingerprint density at radius 1 is 1.47 bits per heavy atom. The van der Waals surface area contributed by atoms with Gasteiger partial charge in [0.25, 0.3) is 0 Å². The van der Waals surface area contributed by atoms with Crippen LogP contribution in [0.3, 0.4) is 0 Å². The van der Waals surface area contributed by atoms with Crippen LogP contribution in [-0.2, 0) is 15.1 Å². The van der Waals surface area contributed by atoms with Gasteiger partial charge in [0.2, 0.25) is 0 Å². The normalized spacial score (nSPS) is 14.4. The summed E-state index contributed by atoms with van der Waals surface area (Å²) < 4.78 is 18.7. The van der Waals surface area contributed by atoms with Gasteiger partial charge in [0.1, 0.15) is 11.4 Å². The molecule has 2 nitrogen and oxygen atoms in total. The fraction of sp³-hybridized carbons (Fsp3) is 0.417. The Bertz CT molecular complexity index is 362. The van der Waals surface area contributed by atoms with Crippen molar-refractivity contribution in [2.45, 2.75) is 32.8 Å². The monoisotopic (exact) mass is 210 g/mol. The van der Waals surface area contributed by atoms with Crippen molar-refractivity contribution >= 4 is 5.97 Å². The zero-order chi connectivity index (χ0) is 11.5. The number of rotatable bonds is 3. The minimum Gasteiger partial charge on any atom is -0.455 e. The van der Waals surface area contributed by atoms with Crippen LogP contribution in [0.15, 0.2) is 24.3 Å². The standard InChI is InChI=1S/C12H15FO2/c1-4-12(3,15-9(2)14)10-7-5-6-8-11(10)13/h5-8H,4H2,1-3H3. The second kappa shape index (κ2) is 4.43. The number of halogens is 1. The van der Waals surface area contributed by atoms with Gasteiger partial charge in [0.15, 0.2) is 0 Å². The number of ether oxygens (including phenoxy) is 1. The molecule has 0 saturated heterocycles. The number of benzene rings is 1. The van der Waals surface area contributed by atoms with Crippen molar-refractivity contribution in [1.82, 2.24) is 0 Å². The molecule has 0 aromatic heterocycles. The predicted octanol–water partition coefficient (Wildman–Crippen LogP) is 3.01. The SMILES string of the molecule is CCC(C)(OC(C)=O)c1ccccc1F. The number of carbonyl (C=O) groups excluding carboxylic acids is 1. The number of esters is 1. The average Bonchev–Trinajstić information content (AvgIpc) is 2.17. The van der Waals surface area contributed by atoms with Gasteiger partial charge in [0.05, 0.1) is 0 Å². The summed E-state index contributed by atoms with van der Waals surface area (Å²) in [5, 5.41) is 0. The second-order valence-electron chi connectivity index (χ2n) is 3.66. The molecule has 82 valence electrons. The van der Waals surface area contributed by atoms with Crippen LogP contribution in [0, 0.1) is 5.82 Å². The molecule has 0 aliphatic rings. The molecule has 0 spiro atoms. The van der Waals surface area contributed by atoms with Gasteiger partial charge in [-0.15, -0.1) is 0 Å². The molecule has 0 saturated carbocycles. The molecule has 1 aromatic rings. The number of carbonyl (C=O) groups is 1. The molecule has 0 fully saturated rings. The van der Waals surface area contributed by atoms with E-state index in [0.29, 0.717) is 12.0 Å². The molecular formula is C12H15FO2. The second-order valence-corrected chi connectivity index (χ2v) is 3.66. The minimum absolute atomic E-state index is 0.344. The summed E-state index contributed by atoms with van der Waals surface area (Å²) in [6, 6.07) is 6.35. The third-order valence-corrected chi connectivity index (χ3v) is 2.49. The summed E-state index contributed by atoms with van der Waals surface area (Å²) in [5.41, 5.74) is -0.459. The first-order valence-corrected chi connectivity index (χ1v) is 4.94. The predicted molar refractivity (Wildman–Crippen MR) is 55.8 cm³/mol. The molecule has 1 rings (SSSR count). The van der Waals surface area contributed by atoms with Gasteiger partial charge in [-0.05, 0) is 19.4 Å². The first-order chi connectivity index (χ1) is 6.99. The molecule has 0 aliphatic heterocycles. The fourth-order valence-electron chi connectivity index (χ4n) is 1.52. The molecule has 0 heterocycles. The highest BCUT2D eigenvalue weighted by Crippen LogP contribution is 2.30. The Kier molecular flexibility index (Phi) is 3.45. The lowest BCUT2D eigenvalue weighted by atomic mass is 9.92. The molecule has 1 unspecified atom stereocenters. The minimum atomic E-state index is -0.878. The number of hydrogen-bond donors (Lipinski definition) is 0. The van der Waals surface area contributed by atoms with Crippen LogP contribution >= 0.6 is 0 Å². The van der Waals surface area contributed by atoms with Crippen molar-refractivity contribution in [1.29, 1.82) is 0 Å². The summed E-state index contributed by atoms with van der Waals surface area (Å²) >= 11 is 0. The van der Waals surface area contributed by atoms with Crippen LogP contribution in [0.1, 0.15) is 32.8 Å². The first kappa shape index (κ1) is 11.7. The van der Waals surface area contributed by atoms with E-state index in [2.05, 4.69) is 0 Å². The molecule has 0 amide bonds. The van der Waals surface area contributed by atoms with Gasteiger partial charge in [-0.3, -0.25) is 4.79 Å². The van der Waals surface area contributed by atoms with Gasteiger partial charge < -0.3 is 4.74 Å². The molecule has 1 atom stereocenters. The van der Waals surface area contributed by atoms with E-state index in [4.69, 9.17) is 4.74 Å². The van der Waals surface area contributed by atoms with E-state index in [0.717, 1.165) is 0 Å². The van der Waals surface area contributed by atoms with Crippen LogP contribution in [0.5, 0.6) is 0 Å². The average molecular weight is 210 g/mol. The topological polar surface area (TPSA) is 26.3 Å². The van der Waals surface area contributed by atoms with Crippen molar-refractivity contribution in [2.75, 3.05) is 0 Å². The molecule has 0 bridgehead atoms. The van der Waals surface area contributed by atoms with Crippen LogP contribution in [-0.4, -0.2) is 5.97 Å². The lowest BCUT2D eigenvalue weighted by molar-refractivity contribution is -0.157. The Labute approximate surface area is 89.1 Å². The third-order valence-electron chi connectivity index (χ3n) is 2.49. The van der Waals surface area contributed by atoms with Crippen LogP contribution in [0.2, 0.25) is 0 Å². The molecule has 1 aromatic carbocycles. The highest BCUT2D eigenvalue weighted by molar-refractivity contribution is 5.66. The molecule has 3 heteroatoms. The Hall–Kier alpha value is -1.38. The van der Waals surface area contributed by atoms with E-state index in [9.17, 15) is 9.18 Å². The molecule has 0 aliphatic carbocycles. The van der Waals surface area contributed by atoms with E-state index in [1.54, 1.807) is 25.1 Å². The zero-order valence-corrected chi connectivity index (χ0v) is 9.21. The van der Waals surface area contributed by atoms with Crippen molar-refractivity contribution in [3.05, 3.63) is 35.6 Å². The van der Waals surface area contributed by atoms with Gasteiger partial charge in [-0.25, -0.2) is 4.39 Å². The van der Waals surface area contributed by atoms with Crippen LogP contribution < -0.4 is 0 Å². The molecular weight excluding hydrogens is 195 g/mol. The van der Waals surface area contributed by atoms with Gasteiger partial charge in [-0.1, -0.05) is 25.1 Å². The maximum absolute atomic E-state index is 13.5. The van der Waals surface area contributed by atoms with Crippen molar-refractivity contribution < 1.29 is 13.9 Å². The maximum atomic E-state index is 13.5. The van der Waals surface area contributed by atoms with E-state index in [1.807, 2.05) is 6.92 Å². The lowest BCUT2D eigenvalue weighted by Crippen LogP contribution is -2.28. The van der Waals surface area contributed by atoms with E-state index in [-0.39, 0.29) is 5.82 Å². The van der Waals surface area contributed by atoms with E-state index < -0.39 is 11.6 Å². The zero-order valence-electron chi connectivity index (χ0n) is 9.21. The summed E-state index contributed by atoms with van der Waals surface area (Å²) in [4.78, 5) is 11.0. The fourth-order valence-corrected chi connectivity index (χ4v) is 1.52. The summed E-state index contributed by atoms with van der Waals surface area (Å²) in [6.07, 6.45) is 0.535. The van der Waals surface area contributed by atoms with Crippen molar-refractivity contribution in [3.8, 4) is 0 Å². The van der Waals surface area contributed by atoms with Gasteiger partial charge >= 0.3 is 5.97 Å². The quantitative estimate of drug-likeness (QED) is 0.717. The lowest BCUT2D eigenvalue weighted by Gasteiger charge is -2.28. The maximum Gasteiger partial charge on any atom is 0.303 e. The third kappa shape index (κ3) is 2.55. The molecule has 0 radical (unpaired) electrons.